The van der Waals surface area contributed by atoms with E-state index in [9.17, 15) is 9.18 Å². The number of nitrogens with zero attached hydrogens (tertiary/aromatic N) is 1. The molecule has 0 aliphatic carbocycles. The van der Waals surface area contributed by atoms with Crippen molar-refractivity contribution in [3.63, 3.8) is 0 Å². The molecule has 0 saturated carbocycles. The number of hydrogen-bond acceptors (Lipinski definition) is 4. The molecule has 1 aromatic rings. The average Bonchev–Trinajstić information content (AvgIpc) is 2.26. The van der Waals surface area contributed by atoms with Gasteiger partial charge >= 0.3 is 5.97 Å². The van der Waals surface area contributed by atoms with E-state index < -0.39 is 18.4 Å². The summed E-state index contributed by atoms with van der Waals surface area (Å²) in [6.07, 6.45) is 0. The topological polar surface area (TPSA) is 70.3 Å². The molecule has 0 unspecified atom stereocenters. The Morgan fingerprint density at radius 2 is 2.33 bits per heavy atom. The lowest BCUT2D eigenvalue weighted by Crippen LogP contribution is -2.05. The molecule has 0 fully saturated rings. The summed E-state index contributed by atoms with van der Waals surface area (Å²) in [7, 11) is 1.16. The standard InChI is InChI=1S/C10H8FNO3/c1-15-10(14)6-2-7(5-13)8(4-12)9(11)3-6/h2-3,13H,5H2,1H3. The predicted molar refractivity (Wildman–Crippen MR) is 48.4 cm³/mol. The number of hydrogen-bond donors (Lipinski definition) is 1. The molecule has 5 heteroatoms. The number of aliphatic hydroxyl groups is 1. The van der Waals surface area contributed by atoms with Crippen molar-refractivity contribution in [1.29, 1.82) is 5.26 Å². The van der Waals surface area contributed by atoms with E-state index in [1.54, 1.807) is 6.07 Å². The van der Waals surface area contributed by atoms with E-state index in [1.165, 1.54) is 6.07 Å². The van der Waals surface area contributed by atoms with E-state index in [4.69, 9.17) is 10.4 Å². The van der Waals surface area contributed by atoms with Gasteiger partial charge in [-0.2, -0.15) is 5.26 Å². The molecule has 1 aromatic carbocycles. The number of aliphatic hydroxyl groups excluding tert-OH is 1. The molecule has 0 bridgehead atoms. The third-order valence-electron chi connectivity index (χ3n) is 1.88. The van der Waals surface area contributed by atoms with Crippen molar-refractivity contribution in [1.82, 2.24) is 0 Å². The Labute approximate surface area is 85.5 Å². The van der Waals surface area contributed by atoms with Crippen LogP contribution in [-0.2, 0) is 11.3 Å². The summed E-state index contributed by atoms with van der Waals surface area (Å²) >= 11 is 0. The highest BCUT2D eigenvalue weighted by atomic mass is 19.1. The van der Waals surface area contributed by atoms with Crippen molar-refractivity contribution < 1.29 is 19.0 Å². The van der Waals surface area contributed by atoms with Gasteiger partial charge in [-0.25, -0.2) is 9.18 Å². The Hall–Kier alpha value is -1.93. The Balaban J connectivity index is 3.33. The van der Waals surface area contributed by atoms with E-state index in [2.05, 4.69) is 4.74 Å². The minimum Gasteiger partial charge on any atom is -0.465 e. The molecule has 0 aliphatic rings. The number of benzene rings is 1. The minimum absolute atomic E-state index is 0.0296. The van der Waals surface area contributed by atoms with Crippen molar-refractivity contribution in [2.75, 3.05) is 7.11 Å². The first-order valence-corrected chi connectivity index (χ1v) is 4.05. The summed E-state index contributed by atoms with van der Waals surface area (Å²) < 4.78 is 17.6. The summed E-state index contributed by atoms with van der Waals surface area (Å²) in [5.41, 5.74) is -0.221. The maximum absolute atomic E-state index is 13.3. The molecule has 0 spiro atoms. The van der Waals surface area contributed by atoms with Gasteiger partial charge in [-0.05, 0) is 17.7 Å². The Kier molecular flexibility index (Phi) is 3.37. The van der Waals surface area contributed by atoms with Crippen molar-refractivity contribution in [2.24, 2.45) is 0 Å². The average molecular weight is 209 g/mol. The van der Waals surface area contributed by atoms with Crippen LogP contribution in [0.25, 0.3) is 0 Å². The first-order chi connectivity index (χ1) is 7.13. The zero-order chi connectivity index (χ0) is 11.4. The van der Waals surface area contributed by atoms with Crippen molar-refractivity contribution in [2.45, 2.75) is 6.61 Å². The third kappa shape index (κ3) is 2.11. The van der Waals surface area contributed by atoms with E-state index in [0.717, 1.165) is 13.2 Å². The van der Waals surface area contributed by atoms with Gasteiger partial charge in [0, 0.05) is 0 Å². The van der Waals surface area contributed by atoms with E-state index in [1.807, 2.05) is 0 Å². The van der Waals surface area contributed by atoms with E-state index >= 15 is 0 Å². The fourth-order valence-electron chi connectivity index (χ4n) is 1.15. The molecule has 0 atom stereocenters. The van der Waals surface area contributed by atoms with Crippen LogP contribution in [0.15, 0.2) is 12.1 Å². The van der Waals surface area contributed by atoms with Crippen LogP contribution in [0.4, 0.5) is 4.39 Å². The van der Waals surface area contributed by atoms with Crippen molar-refractivity contribution >= 4 is 5.97 Å². The highest BCUT2D eigenvalue weighted by Gasteiger charge is 2.14. The number of ether oxygens (including phenoxy) is 1. The van der Waals surface area contributed by atoms with Gasteiger partial charge in [0.1, 0.15) is 11.9 Å². The van der Waals surface area contributed by atoms with Crippen LogP contribution in [-0.4, -0.2) is 18.2 Å². The van der Waals surface area contributed by atoms with Gasteiger partial charge in [0.15, 0.2) is 0 Å². The summed E-state index contributed by atoms with van der Waals surface area (Å²) in [4.78, 5) is 11.1. The molecule has 4 nitrogen and oxygen atoms in total. The SMILES string of the molecule is COC(=O)c1cc(F)c(C#N)c(CO)c1. The molecule has 0 amide bonds. The summed E-state index contributed by atoms with van der Waals surface area (Å²) in [6.45, 7) is -0.509. The monoisotopic (exact) mass is 209 g/mol. The van der Waals surface area contributed by atoms with Gasteiger partial charge < -0.3 is 9.84 Å². The fraction of sp³-hybridized carbons (Fsp3) is 0.200. The summed E-state index contributed by atoms with van der Waals surface area (Å²) in [5.74, 6) is -1.56. The number of halogens is 1. The molecule has 0 aliphatic heterocycles. The minimum atomic E-state index is -0.843. The number of rotatable bonds is 2. The van der Waals surface area contributed by atoms with E-state index in [-0.39, 0.29) is 16.7 Å². The van der Waals surface area contributed by atoms with E-state index in [0.29, 0.717) is 0 Å². The van der Waals surface area contributed by atoms with Gasteiger partial charge in [-0.15, -0.1) is 0 Å². The van der Waals surface area contributed by atoms with Crippen LogP contribution in [0.2, 0.25) is 0 Å². The molecule has 0 radical (unpaired) electrons. The molecule has 0 aromatic heterocycles. The van der Waals surface area contributed by atoms with Gasteiger partial charge in [0.05, 0.1) is 24.8 Å². The second kappa shape index (κ2) is 4.53. The highest BCUT2D eigenvalue weighted by Crippen LogP contribution is 2.16. The second-order valence-corrected chi connectivity index (χ2v) is 2.75. The summed E-state index contributed by atoms with van der Waals surface area (Å²) in [5, 5.41) is 17.5. The zero-order valence-corrected chi connectivity index (χ0v) is 7.95. The number of carbonyl (C=O) groups is 1. The van der Waals surface area contributed by atoms with Crippen molar-refractivity contribution in [3.8, 4) is 6.07 Å². The maximum atomic E-state index is 13.3. The molecule has 1 rings (SSSR count). The van der Waals surface area contributed by atoms with Gasteiger partial charge in [-0.1, -0.05) is 0 Å². The lowest BCUT2D eigenvalue weighted by molar-refractivity contribution is 0.0600. The quantitative estimate of drug-likeness (QED) is 0.737. The van der Waals surface area contributed by atoms with Gasteiger partial charge in [-0.3, -0.25) is 0 Å². The largest absolute Gasteiger partial charge is 0.465 e. The number of nitriles is 1. The smallest absolute Gasteiger partial charge is 0.337 e. The third-order valence-corrected chi connectivity index (χ3v) is 1.88. The highest BCUT2D eigenvalue weighted by molar-refractivity contribution is 5.89. The van der Waals surface area contributed by atoms with Gasteiger partial charge in [0.25, 0.3) is 0 Å². The summed E-state index contributed by atoms with van der Waals surface area (Å²) in [6, 6.07) is 3.75. The number of esters is 1. The van der Waals surface area contributed by atoms with Crippen LogP contribution in [0, 0.1) is 17.1 Å². The van der Waals surface area contributed by atoms with Crippen LogP contribution in [0.5, 0.6) is 0 Å². The number of carbonyl (C=O) groups excluding carboxylic acids is 1. The van der Waals surface area contributed by atoms with Crippen LogP contribution in [0.1, 0.15) is 21.5 Å². The lowest BCUT2D eigenvalue weighted by atomic mass is 10.0. The van der Waals surface area contributed by atoms with Crippen molar-refractivity contribution in [3.05, 3.63) is 34.6 Å². The van der Waals surface area contributed by atoms with Crippen LogP contribution >= 0.6 is 0 Å². The Bertz CT molecular complexity index is 437. The maximum Gasteiger partial charge on any atom is 0.337 e. The second-order valence-electron chi connectivity index (χ2n) is 2.75. The first-order valence-electron chi connectivity index (χ1n) is 4.05. The number of methoxy groups -OCH3 is 1. The predicted octanol–water partition coefficient (Wildman–Crippen LogP) is 0.976. The normalized spacial score (nSPS) is 9.47. The van der Waals surface area contributed by atoms with Crippen LogP contribution < -0.4 is 0 Å². The molecule has 1 N–H and O–H groups in total. The molecule has 0 saturated heterocycles. The first kappa shape index (κ1) is 11.1. The molecule has 15 heavy (non-hydrogen) atoms. The Morgan fingerprint density at radius 3 is 2.80 bits per heavy atom. The molecular formula is C10H8FNO3. The molecule has 78 valence electrons. The zero-order valence-electron chi connectivity index (χ0n) is 7.95. The molecule has 0 heterocycles. The molecular weight excluding hydrogens is 201 g/mol. The fourth-order valence-corrected chi connectivity index (χ4v) is 1.15. The van der Waals surface area contributed by atoms with Gasteiger partial charge in [0.2, 0.25) is 0 Å². The van der Waals surface area contributed by atoms with Crippen LogP contribution in [0.3, 0.4) is 0 Å². The lowest BCUT2D eigenvalue weighted by Gasteiger charge is -2.04. The Morgan fingerprint density at radius 1 is 1.67 bits per heavy atom.